The minimum Gasteiger partial charge on any atom is -0.370 e. The zero-order chi connectivity index (χ0) is 15.2. The van der Waals surface area contributed by atoms with Gasteiger partial charge in [-0.25, -0.2) is 9.97 Å². The topological polar surface area (TPSA) is 61.4 Å². The largest absolute Gasteiger partial charge is 0.370 e. The molecule has 0 bridgehead atoms. The monoisotopic (exact) mass is 291 g/mol. The number of amides is 1. The second-order valence-electron chi connectivity index (χ2n) is 5.40. The van der Waals surface area contributed by atoms with Gasteiger partial charge in [0.25, 0.3) is 0 Å². The van der Waals surface area contributed by atoms with E-state index in [0.717, 1.165) is 56.1 Å². The molecule has 2 heterocycles. The number of hydrogen-bond acceptors (Lipinski definition) is 5. The smallest absolute Gasteiger partial charge is 0.241 e. The second kappa shape index (κ2) is 7.24. The highest BCUT2D eigenvalue weighted by atomic mass is 16.2. The molecule has 116 valence electrons. The number of carbonyl (C=O) groups is 1. The van der Waals surface area contributed by atoms with E-state index in [2.05, 4.69) is 34.0 Å². The zero-order valence-corrected chi connectivity index (χ0v) is 13.2. The summed E-state index contributed by atoms with van der Waals surface area (Å²) in [5.41, 5.74) is 1.12. The molecule has 1 aliphatic heterocycles. The quantitative estimate of drug-likeness (QED) is 0.891. The van der Waals surface area contributed by atoms with Crippen molar-refractivity contribution in [2.24, 2.45) is 0 Å². The number of nitrogens with one attached hydrogen (secondary N) is 1. The fraction of sp³-hybridized carbons (Fsp3) is 0.667. The van der Waals surface area contributed by atoms with Crippen LogP contribution in [0, 0.1) is 0 Å². The lowest BCUT2D eigenvalue weighted by Crippen LogP contribution is -2.35. The van der Waals surface area contributed by atoms with Gasteiger partial charge in [-0.15, -0.1) is 0 Å². The van der Waals surface area contributed by atoms with Crippen LogP contribution in [0.3, 0.4) is 0 Å². The molecule has 1 fully saturated rings. The molecule has 0 spiro atoms. The molecule has 0 saturated carbocycles. The van der Waals surface area contributed by atoms with Gasteiger partial charge in [0.1, 0.15) is 18.0 Å². The van der Waals surface area contributed by atoms with Crippen molar-refractivity contribution in [3.05, 3.63) is 11.9 Å². The summed E-state index contributed by atoms with van der Waals surface area (Å²) in [7, 11) is 1.86. The lowest BCUT2D eigenvalue weighted by Gasteiger charge is -2.24. The number of carbonyl (C=O) groups excluding carboxylic acids is 1. The van der Waals surface area contributed by atoms with Gasteiger partial charge in [-0.05, 0) is 19.8 Å². The minimum absolute atomic E-state index is 0.151. The number of hydrogen-bond donors (Lipinski definition) is 1. The van der Waals surface area contributed by atoms with Crippen molar-refractivity contribution in [2.75, 3.05) is 43.4 Å². The third-order valence-electron chi connectivity index (χ3n) is 3.74. The molecule has 1 aromatic rings. The first-order valence-corrected chi connectivity index (χ1v) is 7.74. The number of anilines is 2. The van der Waals surface area contributed by atoms with Crippen molar-refractivity contribution < 1.29 is 4.79 Å². The standard InChI is InChI=1S/C15H25N5O/c1-4-7-12-14(16-5-2)17-11-18-15(12)20-9-6-8-19(3)13(21)10-20/h11H,4-10H2,1-3H3,(H,16,17,18). The third kappa shape index (κ3) is 3.62. The average molecular weight is 291 g/mol. The maximum absolute atomic E-state index is 12.1. The Morgan fingerprint density at radius 2 is 2.10 bits per heavy atom. The SMILES string of the molecule is CCCc1c(NCC)ncnc1N1CCCN(C)C(=O)C1. The van der Waals surface area contributed by atoms with Crippen molar-refractivity contribution in [2.45, 2.75) is 33.1 Å². The van der Waals surface area contributed by atoms with Gasteiger partial charge in [0.05, 0.1) is 6.54 Å². The van der Waals surface area contributed by atoms with Crippen LogP contribution < -0.4 is 10.2 Å². The molecule has 1 saturated heterocycles. The van der Waals surface area contributed by atoms with Gasteiger partial charge < -0.3 is 15.1 Å². The number of likely N-dealkylation sites (N-methyl/N-ethyl adjacent to an activating group) is 1. The lowest BCUT2D eigenvalue weighted by atomic mass is 10.1. The predicted molar refractivity (Wildman–Crippen MR) is 84.7 cm³/mol. The molecule has 2 rings (SSSR count). The summed E-state index contributed by atoms with van der Waals surface area (Å²) < 4.78 is 0. The summed E-state index contributed by atoms with van der Waals surface area (Å²) >= 11 is 0. The molecule has 6 heteroatoms. The average Bonchev–Trinajstić information content (AvgIpc) is 2.63. The number of rotatable bonds is 5. The summed E-state index contributed by atoms with van der Waals surface area (Å²) in [5.74, 6) is 1.96. The Hall–Kier alpha value is -1.85. The predicted octanol–water partition coefficient (Wildman–Crippen LogP) is 1.53. The zero-order valence-electron chi connectivity index (χ0n) is 13.2. The molecule has 0 atom stereocenters. The van der Waals surface area contributed by atoms with E-state index in [9.17, 15) is 4.79 Å². The first kappa shape index (κ1) is 15.5. The second-order valence-corrected chi connectivity index (χ2v) is 5.40. The van der Waals surface area contributed by atoms with E-state index in [1.165, 1.54) is 0 Å². The van der Waals surface area contributed by atoms with Gasteiger partial charge in [0.15, 0.2) is 0 Å². The Morgan fingerprint density at radius 3 is 2.81 bits per heavy atom. The molecule has 1 aromatic heterocycles. The number of nitrogens with zero attached hydrogens (tertiary/aromatic N) is 4. The van der Waals surface area contributed by atoms with E-state index in [1.54, 1.807) is 11.2 Å². The highest BCUT2D eigenvalue weighted by Gasteiger charge is 2.23. The van der Waals surface area contributed by atoms with E-state index >= 15 is 0 Å². The molecule has 1 amide bonds. The highest BCUT2D eigenvalue weighted by molar-refractivity contribution is 5.82. The van der Waals surface area contributed by atoms with Crippen molar-refractivity contribution in [1.29, 1.82) is 0 Å². The van der Waals surface area contributed by atoms with E-state index in [1.807, 2.05) is 7.05 Å². The molecule has 0 radical (unpaired) electrons. The molecule has 1 aliphatic rings. The maximum Gasteiger partial charge on any atom is 0.241 e. The normalized spacial score (nSPS) is 16.0. The summed E-state index contributed by atoms with van der Waals surface area (Å²) in [6.45, 7) is 7.10. The van der Waals surface area contributed by atoms with E-state index < -0.39 is 0 Å². The Balaban J connectivity index is 2.32. The Kier molecular flexibility index (Phi) is 5.36. The van der Waals surface area contributed by atoms with Crippen LogP contribution in [0.2, 0.25) is 0 Å². The van der Waals surface area contributed by atoms with Crippen LogP contribution in [-0.4, -0.2) is 54.0 Å². The summed E-state index contributed by atoms with van der Waals surface area (Å²) in [4.78, 5) is 24.8. The van der Waals surface area contributed by atoms with Crippen LogP contribution in [0.5, 0.6) is 0 Å². The maximum atomic E-state index is 12.1. The molecule has 1 N–H and O–H groups in total. The van der Waals surface area contributed by atoms with Gasteiger partial charge in [-0.2, -0.15) is 0 Å². The van der Waals surface area contributed by atoms with Gasteiger partial charge in [-0.3, -0.25) is 4.79 Å². The van der Waals surface area contributed by atoms with Crippen LogP contribution in [0.4, 0.5) is 11.6 Å². The summed E-state index contributed by atoms with van der Waals surface area (Å²) in [6.07, 6.45) is 4.50. The van der Waals surface area contributed by atoms with Crippen molar-refractivity contribution in [1.82, 2.24) is 14.9 Å². The van der Waals surface area contributed by atoms with E-state index in [-0.39, 0.29) is 5.91 Å². The first-order chi connectivity index (χ1) is 10.2. The number of aromatic nitrogens is 2. The Labute approximate surface area is 126 Å². The molecule has 0 aromatic carbocycles. The van der Waals surface area contributed by atoms with Crippen LogP contribution >= 0.6 is 0 Å². The first-order valence-electron chi connectivity index (χ1n) is 7.74. The van der Waals surface area contributed by atoms with Crippen molar-refractivity contribution in [3.63, 3.8) is 0 Å². The van der Waals surface area contributed by atoms with Gasteiger partial charge in [-0.1, -0.05) is 13.3 Å². The molecular formula is C15H25N5O. The van der Waals surface area contributed by atoms with Gasteiger partial charge >= 0.3 is 0 Å². The fourth-order valence-electron chi connectivity index (χ4n) is 2.64. The van der Waals surface area contributed by atoms with Crippen molar-refractivity contribution >= 4 is 17.5 Å². The highest BCUT2D eigenvalue weighted by Crippen LogP contribution is 2.26. The fourth-order valence-corrected chi connectivity index (χ4v) is 2.64. The Morgan fingerprint density at radius 1 is 1.29 bits per heavy atom. The molecule has 0 unspecified atom stereocenters. The Bertz CT molecular complexity index is 491. The van der Waals surface area contributed by atoms with E-state index in [0.29, 0.717) is 6.54 Å². The third-order valence-corrected chi connectivity index (χ3v) is 3.74. The molecule has 6 nitrogen and oxygen atoms in total. The van der Waals surface area contributed by atoms with Crippen LogP contribution in [0.15, 0.2) is 6.33 Å². The molecular weight excluding hydrogens is 266 g/mol. The van der Waals surface area contributed by atoms with Crippen LogP contribution in [0.1, 0.15) is 32.3 Å². The minimum atomic E-state index is 0.151. The van der Waals surface area contributed by atoms with Gasteiger partial charge in [0, 0.05) is 32.2 Å². The van der Waals surface area contributed by atoms with Crippen LogP contribution in [-0.2, 0) is 11.2 Å². The summed E-state index contributed by atoms with van der Waals surface area (Å²) in [6, 6.07) is 0. The van der Waals surface area contributed by atoms with Crippen molar-refractivity contribution in [3.8, 4) is 0 Å². The van der Waals surface area contributed by atoms with Crippen LogP contribution in [0.25, 0.3) is 0 Å². The van der Waals surface area contributed by atoms with Gasteiger partial charge in [0.2, 0.25) is 5.91 Å². The van der Waals surface area contributed by atoms with E-state index in [4.69, 9.17) is 0 Å². The molecule has 21 heavy (non-hydrogen) atoms. The lowest BCUT2D eigenvalue weighted by molar-refractivity contribution is -0.127. The molecule has 0 aliphatic carbocycles. The summed E-state index contributed by atoms with van der Waals surface area (Å²) in [5, 5.41) is 3.30.